The third kappa shape index (κ3) is 1.96. The maximum atomic E-state index is 13.7. The van der Waals surface area contributed by atoms with Gasteiger partial charge >= 0.3 is 0 Å². The highest BCUT2D eigenvalue weighted by Crippen LogP contribution is 2.56. The lowest BCUT2D eigenvalue weighted by Gasteiger charge is -2.29. The monoisotopic (exact) mass is 421 g/mol. The molecule has 1 amide bonds. The van der Waals surface area contributed by atoms with Crippen LogP contribution in [0.5, 0.6) is 0 Å². The average Bonchev–Trinajstić information content (AvgIpc) is 3.35. The van der Waals surface area contributed by atoms with Crippen LogP contribution in [0.2, 0.25) is 0 Å². The van der Waals surface area contributed by atoms with E-state index in [2.05, 4.69) is 5.32 Å². The lowest BCUT2D eigenvalue weighted by molar-refractivity contribution is -0.118. The zero-order valence-electron chi connectivity index (χ0n) is 16.5. The fourth-order valence-corrected chi connectivity index (χ4v) is 5.10. The third-order valence-corrected chi connectivity index (χ3v) is 6.45. The van der Waals surface area contributed by atoms with Gasteiger partial charge in [0.15, 0.2) is 11.6 Å². The van der Waals surface area contributed by atoms with Crippen LogP contribution >= 0.6 is 0 Å². The number of aliphatic hydroxyl groups is 2. The van der Waals surface area contributed by atoms with Gasteiger partial charge in [0.25, 0.3) is 0 Å². The first-order valence-electron chi connectivity index (χ1n) is 10.0. The van der Waals surface area contributed by atoms with Crippen molar-refractivity contribution in [1.29, 1.82) is 0 Å². The Balaban J connectivity index is 1.75. The molecule has 32 heavy (non-hydrogen) atoms. The molecule has 0 spiro atoms. The minimum atomic E-state index is -2.00. The normalized spacial score (nSPS) is 18.1. The summed E-state index contributed by atoms with van der Waals surface area (Å²) in [5.74, 6) is -2.55. The van der Waals surface area contributed by atoms with E-state index in [1.165, 1.54) is 0 Å². The molecule has 0 saturated carbocycles. The maximum Gasteiger partial charge on any atom is 0.244 e. The smallest absolute Gasteiger partial charge is 0.244 e. The van der Waals surface area contributed by atoms with Crippen molar-refractivity contribution in [2.45, 2.75) is 5.41 Å². The minimum Gasteiger partial charge on any atom is -0.507 e. The van der Waals surface area contributed by atoms with E-state index in [1.807, 2.05) is 0 Å². The molecule has 6 heteroatoms. The summed E-state index contributed by atoms with van der Waals surface area (Å²) in [4.78, 5) is 40.9. The van der Waals surface area contributed by atoms with E-state index in [9.17, 15) is 24.6 Å². The topological polar surface area (TPSA) is 104 Å². The number of carbonyl (C=O) groups is 3. The highest BCUT2D eigenvalue weighted by Gasteiger charge is 2.61. The van der Waals surface area contributed by atoms with Crippen molar-refractivity contribution in [3.63, 3.8) is 0 Å². The molecule has 6 rings (SSSR count). The second kappa shape index (κ2) is 6.04. The van der Waals surface area contributed by atoms with Crippen molar-refractivity contribution in [1.82, 2.24) is 0 Å². The van der Waals surface area contributed by atoms with Crippen LogP contribution in [0.1, 0.15) is 37.4 Å². The van der Waals surface area contributed by atoms with Gasteiger partial charge in [-0.05, 0) is 6.07 Å². The second-order valence-electron chi connectivity index (χ2n) is 7.95. The quantitative estimate of drug-likeness (QED) is 0.575. The van der Waals surface area contributed by atoms with Crippen molar-refractivity contribution in [2.75, 3.05) is 5.32 Å². The van der Waals surface area contributed by atoms with Gasteiger partial charge in [-0.1, -0.05) is 66.7 Å². The number of ketones is 2. The van der Waals surface area contributed by atoms with Crippen LogP contribution in [0.25, 0.3) is 11.5 Å². The van der Waals surface area contributed by atoms with Crippen LogP contribution in [0.4, 0.5) is 5.69 Å². The van der Waals surface area contributed by atoms with Gasteiger partial charge in [0.2, 0.25) is 5.91 Å². The number of aliphatic hydroxyl groups excluding tert-OH is 2. The van der Waals surface area contributed by atoms with Crippen LogP contribution in [0.3, 0.4) is 0 Å². The van der Waals surface area contributed by atoms with Crippen LogP contribution in [-0.4, -0.2) is 27.7 Å². The zero-order chi connectivity index (χ0) is 22.2. The molecule has 3 aromatic rings. The van der Waals surface area contributed by atoms with Crippen LogP contribution in [-0.2, 0) is 10.2 Å². The van der Waals surface area contributed by atoms with Crippen molar-refractivity contribution in [2.24, 2.45) is 0 Å². The number of amides is 1. The van der Waals surface area contributed by atoms with E-state index < -0.39 is 22.9 Å². The number of nitrogens with one attached hydrogen (secondary N) is 1. The molecule has 0 aromatic heterocycles. The Morgan fingerprint density at radius 2 is 1.03 bits per heavy atom. The Labute approximate surface area is 182 Å². The van der Waals surface area contributed by atoms with E-state index in [1.54, 1.807) is 72.8 Å². The predicted octanol–water partition coefficient (Wildman–Crippen LogP) is 4.21. The molecular weight excluding hydrogens is 406 g/mol. The summed E-state index contributed by atoms with van der Waals surface area (Å²) < 4.78 is 0. The third-order valence-electron chi connectivity index (χ3n) is 6.45. The summed E-state index contributed by atoms with van der Waals surface area (Å²) in [6.07, 6.45) is 0. The molecule has 0 saturated heterocycles. The summed E-state index contributed by atoms with van der Waals surface area (Å²) in [6.45, 7) is 0. The van der Waals surface area contributed by atoms with E-state index in [-0.39, 0.29) is 44.9 Å². The number of Topliss-reactive ketones (excluding diaryl/α,β-unsaturated/α-hetero) is 2. The van der Waals surface area contributed by atoms with Gasteiger partial charge in [0.1, 0.15) is 16.9 Å². The van der Waals surface area contributed by atoms with Gasteiger partial charge in [0, 0.05) is 33.5 Å². The number of hydrogen-bond acceptors (Lipinski definition) is 5. The molecule has 3 aliphatic rings. The molecule has 0 atom stereocenters. The number of carbonyl (C=O) groups excluding carboxylic acids is 3. The number of rotatable bonds is 2. The van der Waals surface area contributed by atoms with E-state index in [0.29, 0.717) is 11.3 Å². The Hall–Kier alpha value is -4.45. The molecule has 3 N–H and O–H groups in total. The largest absolute Gasteiger partial charge is 0.507 e. The molecular formula is C26H15NO5. The molecule has 3 aromatic carbocycles. The van der Waals surface area contributed by atoms with E-state index >= 15 is 0 Å². The molecule has 0 radical (unpaired) electrons. The van der Waals surface area contributed by atoms with Gasteiger partial charge in [0.05, 0.1) is 11.1 Å². The van der Waals surface area contributed by atoms with Crippen molar-refractivity contribution in [3.05, 3.63) is 112 Å². The molecule has 154 valence electrons. The summed E-state index contributed by atoms with van der Waals surface area (Å²) >= 11 is 0. The van der Waals surface area contributed by atoms with Crippen molar-refractivity contribution < 1.29 is 24.6 Å². The highest BCUT2D eigenvalue weighted by atomic mass is 16.3. The van der Waals surface area contributed by atoms with Gasteiger partial charge in [-0.3, -0.25) is 14.4 Å². The average molecular weight is 421 g/mol. The Morgan fingerprint density at radius 1 is 0.594 bits per heavy atom. The highest BCUT2D eigenvalue weighted by molar-refractivity contribution is 6.34. The number of fused-ring (bicyclic) bond motifs is 3. The van der Waals surface area contributed by atoms with Crippen LogP contribution in [0.15, 0.2) is 83.9 Å². The Kier molecular flexibility index (Phi) is 3.46. The Bertz CT molecular complexity index is 1400. The Morgan fingerprint density at radius 3 is 1.53 bits per heavy atom. The fourth-order valence-electron chi connectivity index (χ4n) is 5.10. The second-order valence-corrected chi connectivity index (χ2v) is 7.95. The molecule has 0 unspecified atom stereocenters. The summed E-state index contributed by atoms with van der Waals surface area (Å²) in [5.41, 5.74) is -0.691. The molecule has 6 nitrogen and oxygen atoms in total. The SMILES string of the molecule is O=C1C(C2(C3=C(O)c4ccccc4C3=O)C(=O)Nc3ccccc32)=C(O)c2ccccc21. The standard InChI is InChI=1S/C26H15NO5/c28-21-13-7-1-2-8-14(13)22(29)19(21)26(17-11-5-6-12-18(17)27-25(26)32)20-23(30)15-9-3-4-10-16(15)24(20)31/h1-12,28,30H,(H,27,32). The van der Waals surface area contributed by atoms with Gasteiger partial charge in [-0.2, -0.15) is 0 Å². The first-order valence-corrected chi connectivity index (χ1v) is 10.0. The van der Waals surface area contributed by atoms with Crippen molar-refractivity contribution >= 4 is 34.7 Å². The molecule has 0 fully saturated rings. The van der Waals surface area contributed by atoms with Gasteiger partial charge < -0.3 is 15.5 Å². The van der Waals surface area contributed by atoms with Crippen LogP contribution < -0.4 is 5.32 Å². The lowest BCUT2D eigenvalue weighted by atomic mass is 9.67. The lowest BCUT2D eigenvalue weighted by Crippen LogP contribution is -2.43. The molecule has 1 heterocycles. The number of benzene rings is 3. The molecule has 1 aliphatic heterocycles. The summed E-state index contributed by atoms with van der Waals surface area (Å²) in [7, 11) is 0. The molecule has 2 aliphatic carbocycles. The first kappa shape index (κ1) is 18.3. The van der Waals surface area contributed by atoms with Gasteiger partial charge in [-0.25, -0.2) is 0 Å². The van der Waals surface area contributed by atoms with E-state index in [0.717, 1.165) is 0 Å². The van der Waals surface area contributed by atoms with Crippen LogP contribution in [0, 0.1) is 0 Å². The maximum absolute atomic E-state index is 13.7. The summed E-state index contributed by atoms with van der Waals surface area (Å²) in [5, 5.41) is 25.1. The first-order chi connectivity index (χ1) is 15.5. The predicted molar refractivity (Wildman–Crippen MR) is 117 cm³/mol. The number of hydrogen-bond donors (Lipinski definition) is 3. The number of para-hydroxylation sites is 1. The minimum absolute atomic E-state index is 0.233. The zero-order valence-corrected chi connectivity index (χ0v) is 16.5. The van der Waals surface area contributed by atoms with Crippen molar-refractivity contribution in [3.8, 4) is 0 Å². The fraction of sp³-hybridized carbons (Fsp3) is 0.0385. The van der Waals surface area contributed by atoms with E-state index in [4.69, 9.17) is 0 Å². The summed E-state index contributed by atoms with van der Waals surface area (Å²) in [6, 6.07) is 19.6. The number of anilines is 1. The molecule has 0 bridgehead atoms. The van der Waals surface area contributed by atoms with Gasteiger partial charge in [-0.15, -0.1) is 0 Å².